The van der Waals surface area contributed by atoms with Gasteiger partial charge in [0.1, 0.15) is 5.82 Å². The van der Waals surface area contributed by atoms with Crippen LogP contribution in [0.1, 0.15) is 23.6 Å². The lowest BCUT2D eigenvalue weighted by molar-refractivity contribution is -0.122. The van der Waals surface area contributed by atoms with Gasteiger partial charge < -0.3 is 14.7 Å². The third-order valence-corrected chi connectivity index (χ3v) is 6.37. The molecule has 0 radical (unpaired) electrons. The highest BCUT2D eigenvalue weighted by molar-refractivity contribution is 5.74. The fourth-order valence-electron chi connectivity index (χ4n) is 5.13. The quantitative estimate of drug-likeness (QED) is 0.466. The van der Waals surface area contributed by atoms with E-state index in [1.165, 1.54) is 5.56 Å². The van der Waals surface area contributed by atoms with Gasteiger partial charge >= 0.3 is 0 Å². The minimum atomic E-state index is -0.250. The molecule has 1 fully saturated rings. The highest BCUT2D eigenvalue weighted by Gasteiger charge is 2.35. The van der Waals surface area contributed by atoms with Crippen molar-refractivity contribution >= 4 is 17.5 Å². The Bertz CT molecular complexity index is 1330. The second-order valence-corrected chi connectivity index (χ2v) is 8.50. The van der Waals surface area contributed by atoms with Crippen LogP contribution < -0.4 is 5.56 Å². The third-order valence-electron chi connectivity index (χ3n) is 6.37. The van der Waals surface area contributed by atoms with Crippen LogP contribution in [0.2, 0.25) is 0 Å². The molecule has 4 aromatic rings. The predicted molar refractivity (Wildman–Crippen MR) is 123 cm³/mol. The van der Waals surface area contributed by atoms with Crippen molar-refractivity contribution in [2.45, 2.75) is 25.4 Å². The van der Waals surface area contributed by atoms with Crippen LogP contribution in [0.15, 0.2) is 59.9 Å². The Morgan fingerprint density at radius 2 is 1.85 bits per heavy atom. The zero-order chi connectivity index (χ0) is 22.8. The molecule has 6 rings (SSSR count). The lowest BCUT2D eigenvalue weighted by Crippen LogP contribution is -2.46. The van der Waals surface area contributed by atoms with E-state index in [9.17, 15) is 4.79 Å². The Morgan fingerprint density at radius 1 is 1.03 bits per heavy atom. The van der Waals surface area contributed by atoms with Crippen molar-refractivity contribution in [2.24, 2.45) is 5.92 Å². The highest BCUT2D eigenvalue weighted by Crippen LogP contribution is 2.36. The molecule has 0 spiro atoms. The number of H-pyrrole nitrogens is 1. The normalized spacial score (nSPS) is 19.4. The van der Waals surface area contributed by atoms with E-state index in [0.717, 1.165) is 49.3 Å². The van der Waals surface area contributed by atoms with Gasteiger partial charge in [-0.1, -0.05) is 6.07 Å². The average Bonchev–Trinajstić information content (AvgIpc) is 3.35. The predicted octanol–water partition coefficient (Wildman–Crippen LogP) is 2.50. The van der Waals surface area contributed by atoms with Gasteiger partial charge in [0.2, 0.25) is 0 Å². The van der Waals surface area contributed by atoms with Crippen LogP contribution in [0.5, 0.6) is 0 Å². The van der Waals surface area contributed by atoms with E-state index in [0.29, 0.717) is 23.2 Å². The average molecular weight is 444 g/mol. The molecule has 33 heavy (non-hydrogen) atoms. The van der Waals surface area contributed by atoms with Crippen LogP contribution in [0.4, 0.5) is 0 Å². The smallest absolute Gasteiger partial charge is 0.290 e. The molecule has 9 heteroatoms. The molecule has 0 aliphatic carbocycles. The number of carbonyl (C=O) groups is 1. The topological polar surface area (TPSA) is 117 Å². The van der Waals surface area contributed by atoms with Crippen molar-refractivity contribution in [3.05, 3.63) is 76.7 Å². The summed E-state index contributed by atoms with van der Waals surface area (Å²) in [7, 11) is 0. The van der Waals surface area contributed by atoms with Gasteiger partial charge in [-0.05, 0) is 42.2 Å². The third kappa shape index (κ3) is 4.14. The molecule has 0 unspecified atom stereocenters. The number of nitrogens with zero attached hydrogens (tertiary/aromatic N) is 5. The van der Waals surface area contributed by atoms with Gasteiger partial charge in [0.15, 0.2) is 0 Å². The van der Waals surface area contributed by atoms with Crippen molar-refractivity contribution in [3.8, 4) is 11.4 Å². The molecule has 5 heterocycles. The van der Waals surface area contributed by atoms with E-state index in [-0.39, 0.29) is 12.0 Å². The summed E-state index contributed by atoms with van der Waals surface area (Å²) in [6.45, 7) is 3.40. The number of likely N-dealkylation sites (tertiary alicyclic amines) is 1. The molecule has 2 N–H and O–H groups in total. The lowest BCUT2D eigenvalue weighted by atomic mass is 9.82. The second kappa shape index (κ2) is 8.95. The number of fused-ring (bicyclic) bond motifs is 5. The van der Waals surface area contributed by atoms with Crippen molar-refractivity contribution in [2.75, 3.05) is 13.1 Å². The molecule has 2 bridgehead atoms. The van der Waals surface area contributed by atoms with E-state index in [1.54, 1.807) is 24.8 Å². The first kappa shape index (κ1) is 21.0. The van der Waals surface area contributed by atoms with Crippen LogP contribution >= 0.6 is 0 Å². The molecule has 3 aromatic heterocycles. The number of hydrogen-bond acceptors (Lipinski definition) is 6. The van der Waals surface area contributed by atoms with E-state index in [2.05, 4.69) is 43.0 Å². The van der Waals surface area contributed by atoms with Crippen molar-refractivity contribution in [1.29, 1.82) is 0 Å². The number of piperidine rings is 1. The molecule has 2 aliphatic heterocycles. The molecule has 1 saturated heterocycles. The standard InChI is InChI=1S/C23H22N6O.CH2O2/c30-23-18(22-26-7-8-27-22)2-4-21-17-9-16(13-29(21)23)12-28(14-17)11-15-1-3-19-20(10-15)25-6-5-24-19;2-1-3/h1-8,10,16-17H,9,11-14H2,(H,26,27);1H,(H,2,3)/t16-,17+;/m0./s1. The van der Waals surface area contributed by atoms with Gasteiger partial charge in [-0.15, -0.1) is 0 Å². The monoisotopic (exact) mass is 444 g/mol. The van der Waals surface area contributed by atoms with Crippen LogP contribution in [0.3, 0.4) is 0 Å². The largest absolute Gasteiger partial charge is 0.483 e. The maximum atomic E-state index is 13.1. The molecule has 2 atom stereocenters. The van der Waals surface area contributed by atoms with Crippen LogP contribution in [0.25, 0.3) is 22.4 Å². The van der Waals surface area contributed by atoms with Gasteiger partial charge in [-0.2, -0.15) is 0 Å². The number of carboxylic acid groups (broad SMARTS) is 1. The number of hydrogen-bond donors (Lipinski definition) is 2. The number of aromatic amines is 1. The van der Waals surface area contributed by atoms with Crippen molar-refractivity contribution < 1.29 is 9.90 Å². The van der Waals surface area contributed by atoms with Crippen molar-refractivity contribution in [1.82, 2.24) is 29.4 Å². The summed E-state index contributed by atoms with van der Waals surface area (Å²) in [6.07, 6.45) is 8.06. The lowest BCUT2D eigenvalue weighted by Gasteiger charge is -2.43. The summed E-state index contributed by atoms with van der Waals surface area (Å²) in [6, 6.07) is 10.4. The van der Waals surface area contributed by atoms with E-state index < -0.39 is 0 Å². The van der Waals surface area contributed by atoms with Gasteiger partial charge in [0.05, 0.1) is 16.6 Å². The molecule has 0 amide bonds. The first-order valence-electron chi connectivity index (χ1n) is 10.9. The number of nitrogens with one attached hydrogen (secondary N) is 1. The first-order valence-corrected chi connectivity index (χ1v) is 10.9. The SMILES string of the molecule is O=CO.O=c1c(-c2ncc[nH]2)ccc2n1C[C@H]1C[C@@H]2CN(Cc2ccc3nccnc3c2)C1. The van der Waals surface area contributed by atoms with Gasteiger partial charge in [-0.3, -0.25) is 24.5 Å². The van der Waals surface area contributed by atoms with Crippen LogP contribution in [0, 0.1) is 5.92 Å². The Morgan fingerprint density at radius 3 is 2.64 bits per heavy atom. The summed E-state index contributed by atoms with van der Waals surface area (Å²) < 4.78 is 1.99. The van der Waals surface area contributed by atoms with Gasteiger partial charge in [0.25, 0.3) is 12.0 Å². The number of imidazole rings is 1. The number of aromatic nitrogens is 5. The molecule has 1 aromatic carbocycles. The Hall–Kier alpha value is -3.85. The summed E-state index contributed by atoms with van der Waals surface area (Å²) in [5.74, 6) is 1.52. The molecule has 9 nitrogen and oxygen atoms in total. The maximum Gasteiger partial charge on any atom is 0.290 e. The molecule has 168 valence electrons. The highest BCUT2D eigenvalue weighted by atomic mass is 16.3. The zero-order valence-corrected chi connectivity index (χ0v) is 18.0. The Balaban J connectivity index is 0.000000724. The fourth-order valence-corrected chi connectivity index (χ4v) is 5.13. The molecule has 2 aliphatic rings. The fraction of sp³-hybridized carbons (Fsp3) is 0.292. The van der Waals surface area contributed by atoms with Crippen LogP contribution in [-0.4, -0.2) is 54.1 Å². The Kier molecular flexibility index (Phi) is 5.70. The molecular formula is C24H24N6O3. The van der Waals surface area contributed by atoms with Crippen LogP contribution in [-0.2, 0) is 17.9 Å². The van der Waals surface area contributed by atoms with Gasteiger partial charge in [-0.25, -0.2) is 4.98 Å². The number of pyridine rings is 1. The summed E-state index contributed by atoms with van der Waals surface area (Å²) in [5.41, 5.74) is 5.00. The minimum absolute atomic E-state index is 0.0682. The summed E-state index contributed by atoms with van der Waals surface area (Å²) in [5, 5.41) is 6.89. The summed E-state index contributed by atoms with van der Waals surface area (Å²) >= 11 is 0. The van der Waals surface area contributed by atoms with E-state index in [4.69, 9.17) is 9.90 Å². The Labute approximate surface area is 189 Å². The van der Waals surface area contributed by atoms with Crippen molar-refractivity contribution in [3.63, 3.8) is 0 Å². The molecule has 0 saturated carbocycles. The zero-order valence-electron chi connectivity index (χ0n) is 18.0. The first-order chi connectivity index (χ1) is 16.2. The summed E-state index contributed by atoms with van der Waals surface area (Å²) in [4.78, 5) is 40.1. The number of rotatable bonds is 3. The second-order valence-electron chi connectivity index (χ2n) is 8.50. The van der Waals surface area contributed by atoms with E-state index >= 15 is 0 Å². The minimum Gasteiger partial charge on any atom is -0.483 e. The maximum absolute atomic E-state index is 13.1. The van der Waals surface area contributed by atoms with Gasteiger partial charge in [0, 0.05) is 62.6 Å². The van der Waals surface area contributed by atoms with E-state index in [1.807, 2.05) is 16.7 Å². The molecular weight excluding hydrogens is 420 g/mol. The number of benzene rings is 1.